The molecule has 1 atom stereocenters. The van der Waals surface area contributed by atoms with E-state index in [2.05, 4.69) is 5.32 Å². The van der Waals surface area contributed by atoms with Gasteiger partial charge in [-0.05, 0) is 28.6 Å². The van der Waals surface area contributed by atoms with Gasteiger partial charge in [0.05, 0.1) is 27.9 Å². The van der Waals surface area contributed by atoms with Gasteiger partial charge < -0.3 is 24.1 Å². The van der Waals surface area contributed by atoms with Crippen molar-refractivity contribution in [3.8, 4) is 5.75 Å². The van der Waals surface area contributed by atoms with Crippen LogP contribution in [0.2, 0.25) is 0 Å². The molecule has 1 aliphatic heterocycles. The summed E-state index contributed by atoms with van der Waals surface area (Å²) < 4.78 is 9.14. The molecule has 13 nitrogen and oxygen atoms in total. The lowest BCUT2D eigenvalue weighted by molar-refractivity contribution is -0.385. The first-order chi connectivity index (χ1) is 22.0. The van der Waals surface area contributed by atoms with E-state index in [1.165, 1.54) is 33.7 Å². The summed E-state index contributed by atoms with van der Waals surface area (Å²) in [7, 11) is 3.13. The second-order valence-electron chi connectivity index (χ2n) is 11.0. The lowest BCUT2D eigenvalue weighted by Crippen LogP contribution is -2.31. The second kappa shape index (κ2) is 12.0. The van der Waals surface area contributed by atoms with Crippen LogP contribution in [0.3, 0.4) is 0 Å². The van der Waals surface area contributed by atoms with Gasteiger partial charge in [-0.2, -0.15) is 0 Å². The fourth-order valence-electron chi connectivity index (χ4n) is 5.78. The van der Waals surface area contributed by atoms with E-state index in [0.717, 1.165) is 16.5 Å². The van der Waals surface area contributed by atoms with Crippen molar-refractivity contribution in [3.63, 3.8) is 0 Å². The molecule has 0 saturated carbocycles. The molecule has 0 fully saturated rings. The summed E-state index contributed by atoms with van der Waals surface area (Å²) in [5.74, 6) is -0.568. The first-order valence-corrected chi connectivity index (χ1v) is 14.7. The predicted octanol–water partition coefficient (Wildman–Crippen LogP) is 6.15. The minimum atomic E-state index is -0.565. The number of fused-ring (bicyclic) bond motifs is 3. The summed E-state index contributed by atoms with van der Waals surface area (Å²) in [6.45, 7) is 0.466. The van der Waals surface area contributed by atoms with Crippen LogP contribution in [-0.2, 0) is 20.7 Å². The minimum absolute atomic E-state index is 0.110. The third-order valence-electron chi connectivity index (χ3n) is 8.00. The highest BCUT2D eigenvalue weighted by atomic mass is 35.5. The molecule has 46 heavy (non-hydrogen) atoms. The first-order valence-electron chi connectivity index (χ1n) is 14.1. The van der Waals surface area contributed by atoms with Gasteiger partial charge in [0.25, 0.3) is 23.2 Å². The lowest BCUT2D eigenvalue weighted by atomic mass is 9.95. The molecular weight excluding hydrogens is 616 g/mol. The second-order valence-corrected chi connectivity index (χ2v) is 11.3. The number of alkyl halides is 1. The molecule has 0 aliphatic carbocycles. The number of aromatic nitrogens is 2. The molecule has 1 unspecified atom stereocenters. The number of anilines is 2. The van der Waals surface area contributed by atoms with Gasteiger partial charge in [0.2, 0.25) is 0 Å². The van der Waals surface area contributed by atoms with Crippen LogP contribution in [0.5, 0.6) is 5.75 Å². The fourth-order valence-corrected chi connectivity index (χ4v) is 6.03. The summed E-state index contributed by atoms with van der Waals surface area (Å²) in [5, 5.41) is 26.8. The average Bonchev–Trinajstić information content (AvgIpc) is 3.74. The number of carbonyl (C=O) groups is 2. The Hall–Kier alpha value is -5.69. The van der Waals surface area contributed by atoms with Crippen molar-refractivity contribution in [3.05, 3.63) is 122 Å². The van der Waals surface area contributed by atoms with Gasteiger partial charge in [-0.15, -0.1) is 11.6 Å². The van der Waals surface area contributed by atoms with Crippen LogP contribution in [0, 0.1) is 20.2 Å². The summed E-state index contributed by atoms with van der Waals surface area (Å²) in [6, 6.07) is 19.0. The van der Waals surface area contributed by atoms with Gasteiger partial charge in [0.1, 0.15) is 23.7 Å². The average molecular weight is 643 g/mol. The number of benzene rings is 3. The predicted molar refractivity (Wildman–Crippen MR) is 172 cm³/mol. The van der Waals surface area contributed by atoms with Crippen molar-refractivity contribution in [2.75, 3.05) is 22.6 Å². The Morgan fingerprint density at radius 1 is 0.913 bits per heavy atom. The minimum Gasteiger partial charge on any atom is -0.488 e. The van der Waals surface area contributed by atoms with Crippen molar-refractivity contribution >= 4 is 56.9 Å². The molecule has 2 amide bonds. The molecule has 14 heteroatoms. The molecule has 3 aromatic carbocycles. The zero-order valence-electron chi connectivity index (χ0n) is 24.7. The molecule has 6 rings (SSSR count). The van der Waals surface area contributed by atoms with Crippen molar-refractivity contribution in [2.45, 2.75) is 12.5 Å². The number of nitrogens with one attached hydrogen (secondary N) is 1. The maximum Gasteiger partial charge on any atom is 0.287 e. The van der Waals surface area contributed by atoms with Crippen LogP contribution >= 0.6 is 11.6 Å². The van der Waals surface area contributed by atoms with Gasteiger partial charge in [-0.25, -0.2) is 0 Å². The zero-order valence-corrected chi connectivity index (χ0v) is 25.4. The maximum absolute atomic E-state index is 13.8. The van der Waals surface area contributed by atoms with E-state index in [-0.39, 0.29) is 47.7 Å². The molecule has 3 heterocycles. The Balaban J connectivity index is 1.43. The van der Waals surface area contributed by atoms with Gasteiger partial charge in [-0.1, -0.05) is 36.4 Å². The highest BCUT2D eigenvalue weighted by Crippen LogP contribution is 2.47. The van der Waals surface area contributed by atoms with Crippen molar-refractivity contribution in [2.24, 2.45) is 14.1 Å². The lowest BCUT2D eigenvalue weighted by Gasteiger charge is -2.20. The third kappa shape index (κ3) is 5.52. The Kier molecular flexibility index (Phi) is 7.92. The molecule has 0 bridgehead atoms. The highest BCUT2D eigenvalue weighted by Gasteiger charge is 2.36. The summed E-state index contributed by atoms with van der Waals surface area (Å²) >= 11 is 6.45. The van der Waals surface area contributed by atoms with E-state index in [1.807, 2.05) is 36.4 Å². The normalized spacial score (nSPS) is 13.9. The van der Waals surface area contributed by atoms with E-state index in [9.17, 15) is 29.8 Å². The van der Waals surface area contributed by atoms with E-state index < -0.39 is 21.7 Å². The van der Waals surface area contributed by atoms with E-state index in [4.69, 9.17) is 16.3 Å². The Morgan fingerprint density at radius 2 is 1.57 bits per heavy atom. The van der Waals surface area contributed by atoms with Crippen LogP contribution in [-0.4, -0.2) is 43.2 Å². The smallest absolute Gasteiger partial charge is 0.287 e. The van der Waals surface area contributed by atoms with Crippen LogP contribution in [0.25, 0.3) is 10.8 Å². The molecule has 5 aromatic rings. The maximum atomic E-state index is 13.8. The summed E-state index contributed by atoms with van der Waals surface area (Å²) in [4.78, 5) is 50.0. The SMILES string of the molecule is Cn1cc([N+](=O)[O-])cc1C(=O)Nc1ccc2c3c(cc(OCc4ccccc4)c2c1)N(C(=O)c1cc([N+](=O)[O-])cn1C)CC3CCl. The standard InChI is InChI=1S/C32H27ClN6O7/c1-35-16-22(38(42)43)11-27(35)31(40)34-21-8-9-24-25(10-21)29(46-18-19-6-4-3-5-7-19)13-26-30(24)20(14-33)15-37(26)32(41)28-12-23(39(44)45)17-36(28)2/h3-13,16-17,20H,14-15,18H2,1-2H3,(H,34,40). The molecule has 0 radical (unpaired) electrons. The monoisotopic (exact) mass is 642 g/mol. The third-order valence-corrected chi connectivity index (χ3v) is 8.37. The fraction of sp³-hybridized carbons (Fsp3) is 0.188. The number of rotatable bonds is 9. The van der Waals surface area contributed by atoms with Gasteiger partial charge in [0, 0.05) is 61.7 Å². The van der Waals surface area contributed by atoms with Crippen molar-refractivity contribution in [1.29, 1.82) is 0 Å². The molecule has 2 aromatic heterocycles. The molecule has 1 N–H and O–H groups in total. The Labute approximate surface area is 266 Å². The number of nitro groups is 2. The van der Waals surface area contributed by atoms with Crippen LogP contribution < -0.4 is 15.0 Å². The quantitative estimate of drug-likeness (QED) is 0.115. The van der Waals surface area contributed by atoms with Crippen molar-refractivity contribution in [1.82, 2.24) is 9.13 Å². The number of nitrogens with zero attached hydrogens (tertiary/aromatic N) is 5. The highest BCUT2D eigenvalue weighted by molar-refractivity contribution is 6.19. The summed E-state index contributed by atoms with van der Waals surface area (Å²) in [6.07, 6.45) is 2.56. The van der Waals surface area contributed by atoms with E-state index in [0.29, 0.717) is 22.5 Å². The van der Waals surface area contributed by atoms with Crippen LogP contribution in [0.15, 0.2) is 79.1 Å². The Bertz CT molecular complexity index is 2040. The van der Waals surface area contributed by atoms with Gasteiger partial charge >= 0.3 is 0 Å². The topological polar surface area (TPSA) is 155 Å². The number of hydrogen-bond donors (Lipinski definition) is 1. The van der Waals surface area contributed by atoms with Crippen molar-refractivity contribution < 1.29 is 24.2 Å². The molecule has 0 saturated heterocycles. The van der Waals surface area contributed by atoms with Gasteiger partial charge in [-0.3, -0.25) is 29.8 Å². The Morgan fingerprint density at radius 3 is 2.20 bits per heavy atom. The number of halogens is 1. The number of ether oxygens (including phenoxy) is 1. The zero-order chi connectivity index (χ0) is 32.7. The van der Waals surface area contributed by atoms with Gasteiger partial charge in [0.15, 0.2) is 0 Å². The van der Waals surface area contributed by atoms with Crippen LogP contribution in [0.1, 0.15) is 38.0 Å². The molecule has 1 aliphatic rings. The summed E-state index contributed by atoms with van der Waals surface area (Å²) in [5.41, 5.74) is 2.59. The number of carbonyl (C=O) groups excluding carboxylic acids is 2. The molecule has 0 spiro atoms. The molecule has 234 valence electrons. The molecular formula is C32H27ClN6O7. The number of aryl methyl sites for hydroxylation is 2. The largest absolute Gasteiger partial charge is 0.488 e. The number of amides is 2. The van der Waals surface area contributed by atoms with E-state index >= 15 is 0 Å². The van der Waals surface area contributed by atoms with E-state index in [1.54, 1.807) is 37.2 Å². The van der Waals surface area contributed by atoms with Crippen LogP contribution in [0.4, 0.5) is 22.7 Å². The first kappa shape index (κ1) is 30.3. The number of hydrogen-bond acceptors (Lipinski definition) is 7.